The number of hydrogen-bond donors (Lipinski definition) is 1. The molecule has 34 heavy (non-hydrogen) atoms. The number of amides is 2. The standard InChI is InChI=1S/C26H28ClN3O4/c1-18(26(32)29-16-21-5-4-12-28-15-21)30(17-19-6-9-22(27)10-7-19)25(31)14-20-8-11-23(33-2)24(13-20)34-3/h4-13,15,18H,14,16-17H2,1-3H3,(H,29,32). The molecule has 0 radical (unpaired) electrons. The fourth-order valence-electron chi connectivity index (χ4n) is 3.48. The van der Waals surface area contributed by atoms with E-state index in [4.69, 9.17) is 21.1 Å². The third kappa shape index (κ3) is 6.71. The van der Waals surface area contributed by atoms with Crippen LogP contribution in [0.3, 0.4) is 0 Å². The maximum Gasteiger partial charge on any atom is 0.242 e. The Hall–Kier alpha value is -3.58. The smallest absolute Gasteiger partial charge is 0.242 e. The molecule has 1 atom stereocenters. The van der Waals surface area contributed by atoms with Crippen LogP contribution in [-0.2, 0) is 29.1 Å². The van der Waals surface area contributed by atoms with Crippen molar-refractivity contribution in [2.45, 2.75) is 32.5 Å². The molecule has 178 valence electrons. The Balaban J connectivity index is 1.78. The van der Waals surface area contributed by atoms with Crippen LogP contribution in [0.4, 0.5) is 0 Å². The molecule has 3 aromatic rings. The number of nitrogens with zero attached hydrogens (tertiary/aromatic N) is 2. The molecule has 0 spiro atoms. The van der Waals surface area contributed by atoms with E-state index in [2.05, 4.69) is 10.3 Å². The second-order valence-electron chi connectivity index (χ2n) is 7.77. The normalized spacial score (nSPS) is 11.4. The van der Waals surface area contributed by atoms with Crippen molar-refractivity contribution in [1.29, 1.82) is 0 Å². The summed E-state index contributed by atoms with van der Waals surface area (Å²) in [5.41, 5.74) is 2.51. The molecule has 2 amide bonds. The van der Waals surface area contributed by atoms with Crippen molar-refractivity contribution in [2.24, 2.45) is 0 Å². The summed E-state index contributed by atoms with van der Waals surface area (Å²) in [5.74, 6) is 0.684. The van der Waals surface area contributed by atoms with Crippen LogP contribution < -0.4 is 14.8 Å². The summed E-state index contributed by atoms with van der Waals surface area (Å²) in [4.78, 5) is 32.0. The van der Waals surface area contributed by atoms with E-state index >= 15 is 0 Å². The van der Waals surface area contributed by atoms with Crippen molar-refractivity contribution in [3.05, 3.63) is 88.7 Å². The maximum absolute atomic E-state index is 13.4. The van der Waals surface area contributed by atoms with Gasteiger partial charge in [0.2, 0.25) is 11.8 Å². The van der Waals surface area contributed by atoms with Gasteiger partial charge < -0.3 is 19.7 Å². The van der Waals surface area contributed by atoms with Gasteiger partial charge in [0.15, 0.2) is 11.5 Å². The summed E-state index contributed by atoms with van der Waals surface area (Å²) < 4.78 is 10.6. The van der Waals surface area contributed by atoms with Gasteiger partial charge in [-0.3, -0.25) is 14.6 Å². The molecule has 7 nitrogen and oxygen atoms in total. The number of aromatic nitrogens is 1. The Morgan fingerprint density at radius 2 is 1.71 bits per heavy atom. The number of ether oxygens (including phenoxy) is 2. The van der Waals surface area contributed by atoms with Gasteiger partial charge in [-0.2, -0.15) is 0 Å². The highest BCUT2D eigenvalue weighted by Crippen LogP contribution is 2.28. The van der Waals surface area contributed by atoms with E-state index in [-0.39, 0.29) is 24.8 Å². The lowest BCUT2D eigenvalue weighted by Crippen LogP contribution is -2.48. The summed E-state index contributed by atoms with van der Waals surface area (Å²) in [6, 6.07) is 15.6. The minimum Gasteiger partial charge on any atom is -0.493 e. The average molecular weight is 482 g/mol. The number of carbonyl (C=O) groups excluding carboxylic acids is 2. The van der Waals surface area contributed by atoms with Gasteiger partial charge in [-0.15, -0.1) is 0 Å². The van der Waals surface area contributed by atoms with Gasteiger partial charge in [-0.1, -0.05) is 35.9 Å². The highest BCUT2D eigenvalue weighted by molar-refractivity contribution is 6.30. The number of benzene rings is 2. The van der Waals surface area contributed by atoms with E-state index in [0.717, 1.165) is 16.7 Å². The molecule has 0 aliphatic carbocycles. The van der Waals surface area contributed by atoms with Gasteiger partial charge in [0, 0.05) is 30.5 Å². The Morgan fingerprint density at radius 1 is 1.00 bits per heavy atom. The highest BCUT2D eigenvalue weighted by Gasteiger charge is 2.26. The summed E-state index contributed by atoms with van der Waals surface area (Å²) in [6.07, 6.45) is 3.47. The van der Waals surface area contributed by atoms with Gasteiger partial charge in [0.1, 0.15) is 6.04 Å². The van der Waals surface area contributed by atoms with Gasteiger partial charge in [-0.25, -0.2) is 0 Å². The largest absolute Gasteiger partial charge is 0.493 e. The number of carbonyl (C=O) groups is 2. The molecule has 3 rings (SSSR count). The van der Waals surface area contributed by atoms with Crippen LogP contribution in [0.2, 0.25) is 5.02 Å². The minimum absolute atomic E-state index is 0.105. The lowest BCUT2D eigenvalue weighted by Gasteiger charge is -2.29. The van der Waals surface area contributed by atoms with Crippen LogP contribution >= 0.6 is 11.6 Å². The first kappa shape index (κ1) is 25.1. The van der Waals surface area contributed by atoms with Crippen LogP contribution in [0.25, 0.3) is 0 Å². The van der Waals surface area contributed by atoms with E-state index in [0.29, 0.717) is 23.1 Å². The van der Waals surface area contributed by atoms with Crippen LogP contribution in [-0.4, -0.2) is 42.0 Å². The molecule has 0 saturated heterocycles. The molecule has 0 aliphatic rings. The predicted molar refractivity (Wildman–Crippen MR) is 131 cm³/mol. The number of rotatable bonds is 10. The summed E-state index contributed by atoms with van der Waals surface area (Å²) in [6.45, 7) is 2.32. The van der Waals surface area contributed by atoms with Crippen molar-refractivity contribution in [3.8, 4) is 11.5 Å². The second kappa shape index (κ2) is 12.0. The zero-order valence-corrected chi connectivity index (χ0v) is 20.2. The Kier molecular flexibility index (Phi) is 8.87. The molecule has 0 fully saturated rings. The van der Waals surface area contributed by atoms with E-state index in [1.54, 1.807) is 62.7 Å². The van der Waals surface area contributed by atoms with Gasteiger partial charge in [-0.05, 0) is 53.9 Å². The van der Waals surface area contributed by atoms with Gasteiger partial charge >= 0.3 is 0 Å². The van der Waals surface area contributed by atoms with E-state index < -0.39 is 6.04 Å². The van der Waals surface area contributed by atoms with Crippen molar-refractivity contribution in [3.63, 3.8) is 0 Å². The first-order chi connectivity index (χ1) is 16.4. The van der Waals surface area contributed by atoms with Gasteiger partial charge in [0.05, 0.1) is 20.6 Å². The summed E-state index contributed by atoms with van der Waals surface area (Å²) in [7, 11) is 3.10. The molecule has 1 heterocycles. The highest BCUT2D eigenvalue weighted by atomic mass is 35.5. The Bertz CT molecular complexity index is 1110. The molecule has 8 heteroatoms. The van der Waals surface area contributed by atoms with Crippen LogP contribution in [0.15, 0.2) is 67.0 Å². The third-order valence-electron chi connectivity index (χ3n) is 5.43. The predicted octanol–water partition coefficient (Wildman–Crippen LogP) is 4.03. The Labute approximate surface area is 204 Å². The van der Waals surface area contributed by atoms with E-state index in [1.165, 1.54) is 0 Å². The number of pyridine rings is 1. The molecule has 1 N–H and O–H groups in total. The van der Waals surface area contributed by atoms with Gasteiger partial charge in [0.25, 0.3) is 0 Å². The van der Waals surface area contributed by atoms with Crippen LogP contribution in [0.5, 0.6) is 11.5 Å². The monoisotopic (exact) mass is 481 g/mol. The molecule has 1 unspecified atom stereocenters. The van der Waals surface area contributed by atoms with Crippen molar-refractivity contribution >= 4 is 23.4 Å². The zero-order chi connectivity index (χ0) is 24.5. The SMILES string of the molecule is COc1ccc(CC(=O)N(Cc2ccc(Cl)cc2)C(C)C(=O)NCc2cccnc2)cc1OC. The first-order valence-corrected chi connectivity index (χ1v) is 11.2. The maximum atomic E-state index is 13.4. The molecule has 0 aliphatic heterocycles. The number of nitrogens with one attached hydrogen (secondary N) is 1. The minimum atomic E-state index is -0.694. The first-order valence-electron chi connectivity index (χ1n) is 10.8. The zero-order valence-electron chi connectivity index (χ0n) is 19.5. The Morgan fingerprint density at radius 3 is 2.35 bits per heavy atom. The van der Waals surface area contributed by atoms with Crippen molar-refractivity contribution in [1.82, 2.24) is 15.2 Å². The van der Waals surface area contributed by atoms with E-state index in [1.807, 2.05) is 30.3 Å². The topological polar surface area (TPSA) is 80.8 Å². The number of methoxy groups -OCH3 is 2. The number of halogens is 1. The summed E-state index contributed by atoms with van der Waals surface area (Å²) >= 11 is 6.01. The summed E-state index contributed by atoms with van der Waals surface area (Å²) in [5, 5.41) is 3.50. The van der Waals surface area contributed by atoms with Crippen molar-refractivity contribution in [2.75, 3.05) is 14.2 Å². The molecular formula is C26H28ClN3O4. The van der Waals surface area contributed by atoms with Crippen LogP contribution in [0, 0.1) is 0 Å². The quantitative estimate of drug-likeness (QED) is 0.473. The average Bonchev–Trinajstić information content (AvgIpc) is 2.86. The third-order valence-corrected chi connectivity index (χ3v) is 5.68. The number of hydrogen-bond acceptors (Lipinski definition) is 5. The molecular weight excluding hydrogens is 454 g/mol. The molecule has 0 bridgehead atoms. The molecule has 2 aromatic carbocycles. The van der Waals surface area contributed by atoms with E-state index in [9.17, 15) is 9.59 Å². The fourth-order valence-corrected chi connectivity index (χ4v) is 3.60. The molecule has 0 saturated carbocycles. The fraction of sp³-hybridized carbons (Fsp3) is 0.269. The van der Waals surface area contributed by atoms with Crippen LogP contribution in [0.1, 0.15) is 23.6 Å². The lowest BCUT2D eigenvalue weighted by molar-refractivity contribution is -0.140. The van der Waals surface area contributed by atoms with Crippen molar-refractivity contribution < 1.29 is 19.1 Å². The lowest BCUT2D eigenvalue weighted by atomic mass is 10.1. The second-order valence-corrected chi connectivity index (χ2v) is 8.21. The molecule has 1 aromatic heterocycles.